The number of fused-ring (bicyclic) bond motifs is 2. The molecular formula is C31H24Cl2F2N4O8. The first-order chi connectivity index (χ1) is 22.3. The number of halogens is 4. The minimum atomic E-state index is -1.39. The second-order valence-electron chi connectivity index (χ2n) is 10.7. The van der Waals surface area contributed by atoms with Gasteiger partial charge in [-0.2, -0.15) is 0 Å². The lowest BCUT2D eigenvalue weighted by Gasteiger charge is -2.29. The van der Waals surface area contributed by atoms with Crippen molar-refractivity contribution in [3.8, 4) is 11.5 Å². The highest BCUT2D eigenvalue weighted by molar-refractivity contribution is 6.31. The van der Waals surface area contributed by atoms with Crippen molar-refractivity contribution in [3.05, 3.63) is 124 Å². The Morgan fingerprint density at radius 3 is 1.83 bits per heavy atom. The Morgan fingerprint density at radius 2 is 1.30 bits per heavy atom. The third-order valence-corrected chi connectivity index (χ3v) is 8.24. The van der Waals surface area contributed by atoms with Gasteiger partial charge in [0.2, 0.25) is 0 Å². The van der Waals surface area contributed by atoms with Gasteiger partial charge in [0.1, 0.15) is 17.3 Å². The summed E-state index contributed by atoms with van der Waals surface area (Å²) in [4.78, 5) is 66.8. The number of benzene rings is 2. The molecular weight excluding hydrogens is 665 g/mol. The summed E-state index contributed by atoms with van der Waals surface area (Å²) in [6, 6.07) is 8.25. The first kappa shape index (κ1) is 33.2. The number of carbonyl (C=O) groups excluding carboxylic acids is 2. The number of hydrogen-bond donors (Lipinski definition) is 5. The lowest BCUT2D eigenvalue weighted by atomic mass is 9.96. The molecule has 0 spiro atoms. The van der Waals surface area contributed by atoms with Gasteiger partial charge in [-0.25, -0.2) is 13.6 Å². The van der Waals surface area contributed by atoms with Gasteiger partial charge in [0.25, 0.3) is 22.9 Å². The van der Waals surface area contributed by atoms with Crippen LogP contribution in [0.2, 0.25) is 10.0 Å². The SMILES string of the molecule is O=C(O)c1[nH]c(=O)c(O)c2c1CCN(Cc1ccc(F)c(Cl)c1)C2=O.O=C1c2c(c[nH]c(=O)c2O)CCN1Cc1ccc(F)c(Cl)c1. The van der Waals surface area contributed by atoms with Crippen molar-refractivity contribution in [2.24, 2.45) is 0 Å². The molecule has 0 saturated carbocycles. The van der Waals surface area contributed by atoms with Crippen molar-refractivity contribution in [2.75, 3.05) is 13.1 Å². The molecule has 2 aliphatic heterocycles. The number of amides is 2. The van der Waals surface area contributed by atoms with E-state index in [4.69, 9.17) is 23.2 Å². The fourth-order valence-corrected chi connectivity index (χ4v) is 5.73. The summed E-state index contributed by atoms with van der Waals surface area (Å²) < 4.78 is 26.4. The van der Waals surface area contributed by atoms with E-state index in [0.717, 1.165) is 0 Å². The largest absolute Gasteiger partial charge is 0.502 e. The van der Waals surface area contributed by atoms with Gasteiger partial charge in [-0.15, -0.1) is 0 Å². The molecule has 12 nitrogen and oxygen atoms in total. The van der Waals surface area contributed by atoms with E-state index in [0.29, 0.717) is 29.7 Å². The number of carboxylic acids is 1. The van der Waals surface area contributed by atoms with E-state index in [2.05, 4.69) is 9.97 Å². The number of aromatic nitrogens is 2. The monoisotopic (exact) mass is 688 g/mol. The Morgan fingerprint density at radius 1 is 0.787 bits per heavy atom. The van der Waals surface area contributed by atoms with Crippen LogP contribution < -0.4 is 11.1 Å². The topological polar surface area (TPSA) is 184 Å². The van der Waals surface area contributed by atoms with Gasteiger partial charge in [-0.1, -0.05) is 35.3 Å². The third-order valence-electron chi connectivity index (χ3n) is 7.66. The van der Waals surface area contributed by atoms with Gasteiger partial charge in [-0.05, 0) is 53.8 Å². The second kappa shape index (κ2) is 13.3. The molecule has 5 N–H and O–H groups in total. The zero-order valence-electron chi connectivity index (χ0n) is 24.1. The molecule has 0 atom stereocenters. The van der Waals surface area contributed by atoms with Crippen LogP contribution in [-0.2, 0) is 25.9 Å². The van der Waals surface area contributed by atoms with E-state index in [1.54, 1.807) is 6.07 Å². The Balaban J connectivity index is 0.000000186. The number of aromatic carboxylic acids is 1. The van der Waals surface area contributed by atoms with Gasteiger partial charge < -0.3 is 35.1 Å². The van der Waals surface area contributed by atoms with Crippen molar-refractivity contribution in [3.63, 3.8) is 0 Å². The standard InChI is InChI=1S/C16H12ClFN2O5.C15H12ClFN2O3/c17-9-5-7(1-2-10(9)18)6-20-4-3-8-11(15(20)23)13(21)14(22)19-12(8)16(24)25;16-10-5-8(1-2-11(10)17)7-19-4-3-9-6-18-14(21)13(20)12(9)15(19)22/h1-2,5,21H,3-4,6H2,(H,19,22)(H,24,25);1-2,5-6,20H,3-4,7H2,(H,18,21). The minimum Gasteiger partial charge on any atom is -0.502 e. The molecule has 4 heterocycles. The molecule has 0 unspecified atom stereocenters. The van der Waals surface area contributed by atoms with Crippen molar-refractivity contribution < 1.29 is 38.5 Å². The predicted molar refractivity (Wildman–Crippen MR) is 164 cm³/mol. The molecule has 0 fully saturated rings. The number of hydrogen-bond acceptors (Lipinski definition) is 7. The molecule has 2 aliphatic rings. The number of nitrogens with one attached hydrogen (secondary N) is 2. The van der Waals surface area contributed by atoms with Crippen LogP contribution in [-0.4, -0.2) is 66.0 Å². The highest BCUT2D eigenvalue weighted by atomic mass is 35.5. The maximum Gasteiger partial charge on any atom is 0.352 e. The fraction of sp³-hybridized carbons (Fsp3) is 0.194. The predicted octanol–water partition coefficient (Wildman–Crippen LogP) is 3.84. The first-order valence-electron chi connectivity index (χ1n) is 13.9. The van der Waals surface area contributed by atoms with Crippen molar-refractivity contribution in [1.82, 2.24) is 19.8 Å². The smallest absolute Gasteiger partial charge is 0.352 e. The zero-order valence-corrected chi connectivity index (χ0v) is 25.6. The number of H-pyrrole nitrogens is 2. The van der Waals surface area contributed by atoms with Crippen LogP contribution in [0.1, 0.15) is 53.5 Å². The van der Waals surface area contributed by atoms with Crippen LogP contribution in [0, 0.1) is 11.6 Å². The number of carbonyl (C=O) groups is 3. The summed E-state index contributed by atoms with van der Waals surface area (Å²) in [6.45, 7) is 0.913. The van der Waals surface area contributed by atoms with E-state index in [1.165, 1.54) is 46.3 Å². The molecule has 2 amide bonds. The average molecular weight is 689 g/mol. The molecule has 2 aromatic heterocycles. The van der Waals surface area contributed by atoms with Gasteiger partial charge in [0.05, 0.1) is 21.2 Å². The summed E-state index contributed by atoms with van der Waals surface area (Å²) in [5.74, 6) is -4.98. The average Bonchev–Trinajstić information content (AvgIpc) is 3.03. The molecule has 4 aromatic rings. The summed E-state index contributed by atoms with van der Waals surface area (Å²) in [5, 5.41) is 28.8. The molecule has 0 bridgehead atoms. The van der Waals surface area contributed by atoms with Gasteiger partial charge in [0.15, 0.2) is 11.5 Å². The summed E-state index contributed by atoms with van der Waals surface area (Å²) >= 11 is 11.5. The van der Waals surface area contributed by atoms with Gasteiger partial charge >= 0.3 is 5.97 Å². The number of rotatable bonds is 5. The lowest BCUT2D eigenvalue weighted by molar-refractivity contribution is 0.0681. The van der Waals surface area contributed by atoms with E-state index in [1.807, 2.05) is 0 Å². The lowest BCUT2D eigenvalue weighted by Crippen LogP contribution is -2.39. The first-order valence-corrected chi connectivity index (χ1v) is 14.6. The molecule has 0 saturated heterocycles. The normalized spacial score (nSPS) is 13.9. The molecule has 0 radical (unpaired) electrons. The van der Waals surface area contributed by atoms with Crippen LogP contribution >= 0.6 is 23.2 Å². The molecule has 0 aliphatic carbocycles. The fourth-order valence-electron chi connectivity index (χ4n) is 5.33. The molecule has 2 aromatic carbocycles. The Bertz CT molecular complexity index is 2070. The van der Waals surface area contributed by atoms with Gasteiger partial charge in [-0.3, -0.25) is 19.2 Å². The van der Waals surface area contributed by atoms with Gasteiger partial charge in [0, 0.05) is 37.9 Å². The molecule has 47 heavy (non-hydrogen) atoms. The van der Waals surface area contributed by atoms with Crippen LogP contribution in [0.15, 0.2) is 52.2 Å². The number of carboxylic acid groups (broad SMARTS) is 1. The van der Waals surface area contributed by atoms with Crippen LogP contribution in [0.3, 0.4) is 0 Å². The van der Waals surface area contributed by atoms with E-state index in [9.17, 15) is 48.1 Å². The van der Waals surface area contributed by atoms with E-state index in [-0.39, 0.29) is 52.8 Å². The number of pyridine rings is 2. The van der Waals surface area contributed by atoms with E-state index >= 15 is 0 Å². The highest BCUT2D eigenvalue weighted by Crippen LogP contribution is 2.29. The van der Waals surface area contributed by atoms with Crippen LogP contribution in [0.5, 0.6) is 11.5 Å². The number of aromatic hydroxyl groups is 2. The van der Waals surface area contributed by atoms with E-state index < -0.39 is 57.7 Å². The Labute approximate surface area is 273 Å². The molecule has 244 valence electrons. The van der Waals surface area contributed by atoms with Crippen LogP contribution in [0.4, 0.5) is 8.78 Å². The maximum atomic E-state index is 13.2. The second-order valence-corrected chi connectivity index (χ2v) is 11.5. The minimum absolute atomic E-state index is 0.0124. The Kier molecular flexibility index (Phi) is 9.36. The maximum absolute atomic E-state index is 13.2. The van der Waals surface area contributed by atoms with Crippen LogP contribution in [0.25, 0.3) is 0 Å². The summed E-state index contributed by atoms with van der Waals surface area (Å²) in [7, 11) is 0. The molecule has 6 rings (SSSR count). The summed E-state index contributed by atoms with van der Waals surface area (Å²) in [6.07, 6.45) is 2.10. The van der Waals surface area contributed by atoms with Crippen molar-refractivity contribution in [2.45, 2.75) is 25.9 Å². The summed E-state index contributed by atoms with van der Waals surface area (Å²) in [5.41, 5.74) is -0.508. The quantitative estimate of drug-likeness (QED) is 0.209. The number of aromatic amines is 2. The van der Waals surface area contributed by atoms with Crippen molar-refractivity contribution in [1.29, 1.82) is 0 Å². The Hall–Kier alpha value is -5.21. The van der Waals surface area contributed by atoms with Crippen molar-refractivity contribution >= 4 is 41.0 Å². The number of nitrogens with zero attached hydrogens (tertiary/aromatic N) is 2. The highest BCUT2D eigenvalue weighted by Gasteiger charge is 2.33. The molecule has 16 heteroatoms. The third kappa shape index (κ3) is 6.69. The zero-order chi connectivity index (χ0) is 34.2.